The van der Waals surface area contributed by atoms with Crippen LogP contribution in [0.2, 0.25) is 0 Å². The highest BCUT2D eigenvalue weighted by molar-refractivity contribution is 6.05. The summed E-state index contributed by atoms with van der Waals surface area (Å²) in [5.74, 6) is 0.00906. The van der Waals surface area contributed by atoms with Crippen LogP contribution in [0, 0.1) is 5.92 Å². The lowest BCUT2D eigenvalue weighted by molar-refractivity contribution is -0.136. The summed E-state index contributed by atoms with van der Waals surface area (Å²) in [5.41, 5.74) is 8.98. The second kappa shape index (κ2) is 7.43. The zero-order valence-electron chi connectivity index (χ0n) is 15.6. The molecule has 6 heteroatoms. The van der Waals surface area contributed by atoms with Crippen LogP contribution in [-0.4, -0.2) is 34.7 Å². The predicted molar refractivity (Wildman–Crippen MR) is 101 cm³/mol. The number of rotatable bonds is 4. The van der Waals surface area contributed by atoms with Gasteiger partial charge in [-0.2, -0.15) is 0 Å². The maximum Gasteiger partial charge on any atom is 0.255 e. The van der Waals surface area contributed by atoms with Crippen LogP contribution in [0.25, 0.3) is 0 Å². The van der Waals surface area contributed by atoms with Gasteiger partial charge >= 0.3 is 0 Å². The molecule has 1 unspecified atom stereocenters. The highest BCUT2D eigenvalue weighted by Gasteiger charge is 2.39. The van der Waals surface area contributed by atoms with E-state index in [4.69, 9.17) is 5.73 Å². The Kier molecular flexibility index (Phi) is 5.00. The Hall–Kier alpha value is -2.21. The van der Waals surface area contributed by atoms with Crippen LogP contribution in [-0.2, 0) is 22.6 Å². The van der Waals surface area contributed by atoms with Gasteiger partial charge in [-0.1, -0.05) is 12.1 Å². The maximum atomic E-state index is 12.9. The minimum Gasteiger partial charge on any atom is -0.328 e. The number of hydrogen-bond donors (Lipinski definition) is 2. The number of nitrogens with zero attached hydrogens (tertiary/aromatic N) is 1. The van der Waals surface area contributed by atoms with E-state index in [0.717, 1.165) is 31.2 Å². The van der Waals surface area contributed by atoms with Crippen LogP contribution in [0.4, 0.5) is 0 Å². The molecule has 3 amide bonds. The first-order chi connectivity index (χ1) is 13.0. The van der Waals surface area contributed by atoms with E-state index in [1.165, 1.54) is 18.4 Å². The summed E-state index contributed by atoms with van der Waals surface area (Å²) >= 11 is 0. The van der Waals surface area contributed by atoms with Gasteiger partial charge in [-0.25, -0.2) is 0 Å². The number of fused-ring (bicyclic) bond motifs is 1. The molecule has 3 aliphatic rings. The molecule has 2 fully saturated rings. The maximum absolute atomic E-state index is 12.9. The van der Waals surface area contributed by atoms with Gasteiger partial charge in [0.25, 0.3) is 5.91 Å². The quantitative estimate of drug-likeness (QED) is 0.793. The first-order valence-electron chi connectivity index (χ1n) is 10.0. The largest absolute Gasteiger partial charge is 0.328 e. The summed E-state index contributed by atoms with van der Waals surface area (Å²) in [6.07, 6.45) is 7.37. The number of nitrogens with one attached hydrogen (secondary N) is 1. The van der Waals surface area contributed by atoms with Gasteiger partial charge in [-0.3, -0.25) is 19.7 Å². The average molecular weight is 369 g/mol. The van der Waals surface area contributed by atoms with Crippen LogP contribution < -0.4 is 11.1 Å². The first-order valence-corrected chi connectivity index (χ1v) is 10.0. The Labute approximate surface area is 159 Å². The fourth-order valence-corrected chi connectivity index (χ4v) is 4.72. The van der Waals surface area contributed by atoms with E-state index < -0.39 is 6.04 Å². The van der Waals surface area contributed by atoms with Crippen molar-refractivity contribution in [3.63, 3.8) is 0 Å². The van der Waals surface area contributed by atoms with E-state index in [1.54, 1.807) is 4.90 Å². The lowest BCUT2D eigenvalue weighted by atomic mass is 9.82. The molecule has 1 aromatic rings. The van der Waals surface area contributed by atoms with Crippen molar-refractivity contribution in [2.45, 2.75) is 70.0 Å². The minimum absolute atomic E-state index is 0.0926. The molecule has 1 aromatic carbocycles. The van der Waals surface area contributed by atoms with E-state index in [1.807, 2.05) is 12.1 Å². The van der Waals surface area contributed by atoms with Crippen LogP contribution in [0.3, 0.4) is 0 Å². The molecule has 3 N–H and O–H groups in total. The molecule has 0 spiro atoms. The molecule has 2 aliphatic heterocycles. The highest BCUT2D eigenvalue weighted by Crippen LogP contribution is 2.32. The fourth-order valence-electron chi connectivity index (χ4n) is 4.72. The van der Waals surface area contributed by atoms with Gasteiger partial charge in [0, 0.05) is 24.6 Å². The van der Waals surface area contributed by atoms with E-state index in [0.29, 0.717) is 30.5 Å². The summed E-state index contributed by atoms with van der Waals surface area (Å²) in [6, 6.07) is 5.72. The second-order valence-electron chi connectivity index (χ2n) is 8.16. The SMILES string of the molecule is N[C@H]1CC[C@H](CCc2cccc3c2CN(C2CCC(=O)NC2=O)C3=O)CC1. The summed E-state index contributed by atoms with van der Waals surface area (Å²) in [6.45, 7) is 0.464. The van der Waals surface area contributed by atoms with E-state index in [9.17, 15) is 14.4 Å². The number of hydrogen-bond acceptors (Lipinski definition) is 4. The zero-order valence-corrected chi connectivity index (χ0v) is 15.6. The Balaban J connectivity index is 1.46. The topological polar surface area (TPSA) is 92.5 Å². The van der Waals surface area contributed by atoms with Gasteiger partial charge < -0.3 is 10.6 Å². The van der Waals surface area contributed by atoms with Crippen molar-refractivity contribution in [2.24, 2.45) is 11.7 Å². The lowest BCUT2D eigenvalue weighted by Crippen LogP contribution is -2.52. The molecule has 6 nitrogen and oxygen atoms in total. The Bertz CT molecular complexity index is 768. The number of piperidine rings is 1. The van der Waals surface area contributed by atoms with E-state index >= 15 is 0 Å². The molecule has 1 aliphatic carbocycles. The van der Waals surface area contributed by atoms with Crippen molar-refractivity contribution in [1.82, 2.24) is 10.2 Å². The number of benzene rings is 1. The Morgan fingerprint density at radius 3 is 2.59 bits per heavy atom. The Morgan fingerprint density at radius 2 is 1.85 bits per heavy atom. The third-order valence-corrected chi connectivity index (χ3v) is 6.39. The van der Waals surface area contributed by atoms with E-state index in [-0.39, 0.29) is 24.1 Å². The van der Waals surface area contributed by atoms with Crippen molar-refractivity contribution in [2.75, 3.05) is 0 Å². The predicted octanol–water partition coefficient (Wildman–Crippen LogP) is 1.90. The standard InChI is InChI=1S/C21H27N3O3/c22-15-8-5-13(6-9-15)4-7-14-2-1-3-16-17(14)12-24(21(16)27)18-10-11-19(25)23-20(18)26/h1-3,13,15,18H,4-12,22H2,(H,23,25,26)/t13-,15-,18?. The first kappa shape index (κ1) is 18.2. The molecule has 2 heterocycles. The van der Waals surface area contributed by atoms with Crippen LogP contribution in [0.5, 0.6) is 0 Å². The normalized spacial score (nSPS) is 28.3. The molecule has 1 saturated carbocycles. The van der Waals surface area contributed by atoms with Gasteiger partial charge in [0.15, 0.2) is 0 Å². The van der Waals surface area contributed by atoms with Crippen molar-refractivity contribution in [3.05, 3.63) is 34.9 Å². The second-order valence-corrected chi connectivity index (χ2v) is 8.16. The summed E-state index contributed by atoms with van der Waals surface area (Å²) in [5, 5.41) is 2.36. The van der Waals surface area contributed by atoms with Crippen LogP contribution in [0.1, 0.15) is 66.4 Å². The number of amides is 3. The summed E-state index contributed by atoms with van der Waals surface area (Å²) in [4.78, 5) is 38.1. The lowest BCUT2D eigenvalue weighted by Gasteiger charge is -2.29. The van der Waals surface area contributed by atoms with Crippen molar-refractivity contribution in [1.29, 1.82) is 0 Å². The van der Waals surface area contributed by atoms with Crippen molar-refractivity contribution >= 4 is 17.7 Å². The van der Waals surface area contributed by atoms with Gasteiger partial charge in [0.05, 0.1) is 0 Å². The summed E-state index contributed by atoms with van der Waals surface area (Å²) in [7, 11) is 0. The smallest absolute Gasteiger partial charge is 0.255 e. The minimum atomic E-state index is -0.546. The Morgan fingerprint density at radius 1 is 1.07 bits per heavy atom. The third kappa shape index (κ3) is 3.63. The molecule has 0 aromatic heterocycles. The van der Waals surface area contributed by atoms with Crippen LogP contribution in [0.15, 0.2) is 18.2 Å². The van der Waals surface area contributed by atoms with Gasteiger partial charge in [-0.15, -0.1) is 0 Å². The molecular weight excluding hydrogens is 342 g/mol. The van der Waals surface area contributed by atoms with Gasteiger partial charge in [0.2, 0.25) is 11.8 Å². The highest BCUT2D eigenvalue weighted by atomic mass is 16.2. The van der Waals surface area contributed by atoms with Gasteiger partial charge in [0.1, 0.15) is 6.04 Å². The van der Waals surface area contributed by atoms with Gasteiger partial charge in [-0.05, 0) is 68.1 Å². The van der Waals surface area contributed by atoms with Crippen molar-refractivity contribution in [3.8, 4) is 0 Å². The number of carbonyl (C=O) groups is 3. The average Bonchev–Trinajstić information content (AvgIpc) is 2.99. The zero-order chi connectivity index (χ0) is 19.0. The number of imide groups is 1. The van der Waals surface area contributed by atoms with Crippen molar-refractivity contribution < 1.29 is 14.4 Å². The fraction of sp³-hybridized carbons (Fsp3) is 0.571. The number of aryl methyl sites for hydroxylation is 1. The molecule has 1 saturated heterocycles. The molecule has 0 radical (unpaired) electrons. The summed E-state index contributed by atoms with van der Waals surface area (Å²) < 4.78 is 0. The molecule has 0 bridgehead atoms. The molecule has 1 atom stereocenters. The number of carbonyl (C=O) groups excluding carboxylic acids is 3. The molecule has 4 rings (SSSR count). The monoisotopic (exact) mass is 369 g/mol. The molecule has 27 heavy (non-hydrogen) atoms. The molecular formula is C21H27N3O3. The van der Waals surface area contributed by atoms with Crippen LogP contribution >= 0.6 is 0 Å². The van der Waals surface area contributed by atoms with E-state index in [2.05, 4.69) is 11.4 Å². The number of nitrogens with two attached hydrogens (primary N) is 1. The molecule has 144 valence electrons. The third-order valence-electron chi connectivity index (χ3n) is 6.39.